The minimum Gasteiger partial charge on any atom is -0.378 e. The van der Waals surface area contributed by atoms with Gasteiger partial charge in [-0.2, -0.15) is 5.06 Å². The van der Waals surface area contributed by atoms with E-state index in [0.717, 1.165) is 6.42 Å². The van der Waals surface area contributed by atoms with Crippen molar-refractivity contribution < 1.29 is 14.7 Å². The third kappa shape index (κ3) is 2.30. The van der Waals surface area contributed by atoms with E-state index < -0.39 is 0 Å². The van der Waals surface area contributed by atoms with Crippen molar-refractivity contribution in [3.8, 4) is 0 Å². The van der Waals surface area contributed by atoms with E-state index in [1.165, 1.54) is 5.06 Å². The second kappa shape index (κ2) is 4.47. The molecule has 0 radical (unpaired) electrons. The fourth-order valence-electron chi connectivity index (χ4n) is 2.25. The van der Waals surface area contributed by atoms with Crippen LogP contribution < -0.4 is 0 Å². The van der Waals surface area contributed by atoms with Gasteiger partial charge in [0.2, 0.25) is 5.91 Å². The largest absolute Gasteiger partial charge is 0.378 e. The molecule has 2 rings (SSSR count). The maximum absolute atomic E-state index is 12.0. The highest BCUT2D eigenvalue weighted by molar-refractivity contribution is 5.82. The maximum atomic E-state index is 12.0. The molecule has 0 bridgehead atoms. The smallest absolute Gasteiger partial charge is 0.242 e. The monoisotopic (exact) mass is 214 g/mol. The van der Waals surface area contributed by atoms with Crippen molar-refractivity contribution in [3.63, 3.8) is 0 Å². The van der Waals surface area contributed by atoms with E-state index in [0.29, 0.717) is 38.8 Å². The van der Waals surface area contributed by atoms with Crippen molar-refractivity contribution in [2.75, 3.05) is 32.8 Å². The molecule has 86 valence electrons. The lowest BCUT2D eigenvalue weighted by Crippen LogP contribution is -2.48. The van der Waals surface area contributed by atoms with E-state index in [1.807, 2.05) is 0 Å². The normalized spacial score (nSPS) is 33.3. The number of hydroxylamine groups is 2. The molecule has 0 aliphatic carbocycles. The molecule has 1 amide bonds. The number of ether oxygens (including phenoxy) is 1. The van der Waals surface area contributed by atoms with E-state index in [2.05, 4.69) is 6.92 Å². The molecule has 0 saturated carbocycles. The zero-order chi connectivity index (χ0) is 10.8. The SMILES string of the molecule is C[C@H]1C[C@@H](C(=O)N2CCOCC2)N(O)C1. The molecule has 0 aromatic heterocycles. The third-order valence-corrected chi connectivity index (χ3v) is 3.09. The van der Waals surface area contributed by atoms with Crippen LogP contribution in [-0.2, 0) is 9.53 Å². The summed E-state index contributed by atoms with van der Waals surface area (Å²) in [5, 5.41) is 10.8. The Morgan fingerprint density at radius 2 is 2.07 bits per heavy atom. The molecule has 1 N–H and O–H groups in total. The zero-order valence-corrected chi connectivity index (χ0v) is 9.06. The highest BCUT2D eigenvalue weighted by Crippen LogP contribution is 2.22. The van der Waals surface area contributed by atoms with E-state index >= 15 is 0 Å². The van der Waals surface area contributed by atoms with Crippen LogP contribution in [-0.4, -0.2) is 60.0 Å². The van der Waals surface area contributed by atoms with Crippen molar-refractivity contribution >= 4 is 5.91 Å². The van der Waals surface area contributed by atoms with Crippen molar-refractivity contribution in [3.05, 3.63) is 0 Å². The van der Waals surface area contributed by atoms with Gasteiger partial charge in [0.25, 0.3) is 0 Å². The quantitative estimate of drug-likeness (QED) is 0.664. The van der Waals surface area contributed by atoms with Crippen LogP contribution in [0.2, 0.25) is 0 Å². The molecule has 2 aliphatic rings. The molecule has 0 spiro atoms. The molecule has 15 heavy (non-hydrogen) atoms. The predicted octanol–water partition coefficient (Wildman–Crippen LogP) is -0.0552. The topological polar surface area (TPSA) is 53.0 Å². The lowest BCUT2D eigenvalue weighted by atomic mass is 10.1. The Bertz CT molecular complexity index is 241. The second-order valence-corrected chi connectivity index (χ2v) is 4.42. The summed E-state index contributed by atoms with van der Waals surface area (Å²) in [5.74, 6) is 0.440. The van der Waals surface area contributed by atoms with Crippen LogP contribution >= 0.6 is 0 Å². The van der Waals surface area contributed by atoms with E-state index in [1.54, 1.807) is 4.90 Å². The van der Waals surface area contributed by atoms with Gasteiger partial charge in [-0.1, -0.05) is 6.92 Å². The average Bonchev–Trinajstić information content (AvgIpc) is 2.58. The Hall–Kier alpha value is -0.650. The molecule has 2 heterocycles. The summed E-state index contributed by atoms with van der Waals surface area (Å²) in [4.78, 5) is 13.8. The standard InChI is InChI=1S/C10H18N2O3/c1-8-6-9(12(14)7-8)10(13)11-2-4-15-5-3-11/h8-9,14H,2-7H2,1H3/t8-,9-/m0/s1. The number of amides is 1. The summed E-state index contributed by atoms with van der Waals surface area (Å²) in [6.45, 7) is 5.17. The lowest BCUT2D eigenvalue weighted by molar-refractivity contribution is -0.158. The minimum atomic E-state index is -0.335. The number of morpholine rings is 1. The molecular weight excluding hydrogens is 196 g/mol. The van der Waals surface area contributed by atoms with Gasteiger partial charge < -0.3 is 14.8 Å². The Balaban J connectivity index is 1.94. The molecular formula is C10H18N2O3. The van der Waals surface area contributed by atoms with Crippen molar-refractivity contribution in [1.82, 2.24) is 9.96 Å². The van der Waals surface area contributed by atoms with Gasteiger partial charge >= 0.3 is 0 Å². The van der Waals surface area contributed by atoms with Crippen LogP contribution in [0.15, 0.2) is 0 Å². The fourth-order valence-corrected chi connectivity index (χ4v) is 2.25. The van der Waals surface area contributed by atoms with Crippen LogP contribution in [0.25, 0.3) is 0 Å². The Morgan fingerprint density at radius 3 is 2.60 bits per heavy atom. The molecule has 0 aromatic rings. The van der Waals surface area contributed by atoms with Gasteiger partial charge in [0.05, 0.1) is 13.2 Å². The van der Waals surface area contributed by atoms with Crippen LogP contribution in [0.1, 0.15) is 13.3 Å². The first-order valence-corrected chi connectivity index (χ1v) is 5.50. The number of nitrogens with zero attached hydrogens (tertiary/aromatic N) is 2. The fraction of sp³-hybridized carbons (Fsp3) is 0.900. The number of hydrogen-bond acceptors (Lipinski definition) is 4. The van der Waals surface area contributed by atoms with Gasteiger partial charge in [0.1, 0.15) is 6.04 Å². The Kier molecular flexibility index (Phi) is 3.23. The second-order valence-electron chi connectivity index (χ2n) is 4.42. The van der Waals surface area contributed by atoms with Crippen LogP contribution in [0.5, 0.6) is 0 Å². The number of carbonyl (C=O) groups is 1. The van der Waals surface area contributed by atoms with Gasteiger partial charge in [0, 0.05) is 19.6 Å². The molecule has 2 aliphatic heterocycles. The summed E-state index contributed by atoms with van der Waals surface area (Å²) in [5.41, 5.74) is 0. The van der Waals surface area contributed by atoms with Gasteiger partial charge in [0.15, 0.2) is 0 Å². The average molecular weight is 214 g/mol. The van der Waals surface area contributed by atoms with Gasteiger partial charge in [-0.25, -0.2) is 0 Å². The number of hydrogen-bond donors (Lipinski definition) is 1. The first-order valence-electron chi connectivity index (χ1n) is 5.50. The van der Waals surface area contributed by atoms with Crippen LogP contribution in [0.4, 0.5) is 0 Å². The third-order valence-electron chi connectivity index (χ3n) is 3.09. The summed E-state index contributed by atoms with van der Waals surface area (Å²) in [6.07, 6.45) is 0.757. The lowest BCUT2D eigenvalue weighted by Gasteiger charge is -2.30. The zero-order valence-electron chi connectivity index (χ0n) is 9.06. The first-order chi connectivity index (χ1) is 7.18. The van der Waals surface area contributed by atoms with Crippen LogP contribution in [0.3, 0.4) is 0 Å². The van der Waals surface area contributed by atoms with Gasteiger partial charge in [-0.05, 0) is 12.3 Å². The summed E-state index contributed by atoms with van der Waals surface area (Å²) < 4.78 is 5.19. The van der Waals surface area contributed by atoms with Crippen molar-refractivity contribution in [2.24, 2.45) is 5.92 Å². The van der Waals surface area contributed by atoms with E-state index in [9.17, 15) is 10.0 Å². The Labute approximate surface area is 89.6 Å². The van der Waals surface area contributed by atoms with Gasteiger partial charge in [-0.3, -0.25) is 4.79 Å². The highest BCUT2D eigenvalue weighted by atomic mass is 16.5. The highest BCUT2D eigenvalue weighted by Gasteiger charge is 2.36. The summed E-state index contributed by atoms with van der Waals surface area (Å²) in [7, 11) is 0. The van der Waals surface area contributed by atoms with Crippen molar-refractivity contribution in [2.45, 2.75) is 19.4 Å². The maximum Gasteiger partial charge on any atom is 0.242 e. The molecule has 5 heteroatoms. The molecule has 2 saturated heterocycles. The first kappa shape index (κ1) is 10.9. The number of carbonyl (C=O) groups excluding carboxylic acids is 1. The van der Waals surface area contributed by atoms with Gasteiger partial charge in [-0.15, -0.1) is 0 Å². The van der Waals surface area contributed by atoms with Crippen molar-refractivity contribution in [1.29, 1.82) is 0 Å². The number of rotatable bonds is 1. The molecule has 5 nitrogen and oxygen atoms in total. The van der Waals surface area contributed by atoms with E-state index in [4.69, 9.17) is 4.74 Å². The molecule has 2 fully saturated rings. The summed E-state index contributed by atoms with van der Waals surface area (Å²) >= 11 is 0. The van der Waals surface area contributed by atoms with Crippen LogP contribution in [0, 0.1) is 5.92 Å². The Morgan fingerprint density at radius 1 is 1.40 bits per heavy atom. The molecule has 2 atom stereocenters. The summed E-state index contributed by atoms with van der Waals surface area (Å²) in [6, 6.07) is -0.335. The van der Waals surface area contributed by atoms with E-state index in [-0.39, 0.29) is 11.9 Å². The minimum absolute atomic E-state index is 0.0464. The molecule has 0 unspecified atom stereocenters. The predicted molar refractivity (Wildman–Crippen MR) is 53.5 cm³/mol. The molecule has 0 aromatic carbocycles.